The van der Waals surface area contributed by atoms with Gasteiger partial charge in [-0.1, -0.05) is 34.1 Å². The molecule has 17 heavy (non-hydrogen) atoms. The fourth-order valence-corrected chi connectivity index (χ4v) is 2.43. The summed E-state index contributed by atoms with van der Waals surface area (Å²) in [6.45, 7) is 0. The van der Waals surface area contributed by atoms with Crippen LogP contribution in [0.1, 0.15) is 0 Å². The molecule has 2 nitrogen and oxygen atoms in total. The van der Waals surface area contributed by atoms with Crippen molar-refractivity contribution in [3.63, 3.8) is 0 Å². The van der Waals surface area contributed by atoms with E-state index in [-0.39, 0.29) is 0 Å². The Labute approximate surface area is 108 Å². The largest absolute Gasteiger partial charge is 0.350 e. The molecule has 0 saturated heterocycles. The first kappa shape index (κ1) is 10.5. The van der Waals surface area contributed by atoms with Crippen molar-refractivity contribution in [1.29, 1.82) is 0 Å². The Morgan fingerprint density at radius 3 is 2.82 bits per heavy atom. The summed E-state index contributed by atoms with van der Waals surface area (Å²) in [6.07, 6.45) is 3.95. The highest BCUT2D eigenvalue weighted by molar-refractivity contribution is 9.10. The van der Waals surface area contributed by atoms with Gasteiger partial charge in [-0.2, -0.15) is 0 Å². The van der Waals surface area contributed by atoms with Gasteiger partial charge in [0.1, 0.15) is 0 Å². The zero-order valence-electron chi connectivity index (χ0n) is 9.39. The lowest BCUT2D eigenvalue weighted by atomic mass is 10.1. The molecule has 0 N–H and O–H groups in total. The molecule has 3 aromatic rings. The van der Waals surface area contributed by atoms with Gasteiger partial charge in [-0.05, 0) is 18.2 Å². The van der Waals surface area contributed by atoms with Crippen LogP contribution in [-0.4, -0.2) is 9.55 Å². The predicted molar refractivity (Wildman–Crippen MR) is 73.9 cm³/mol. The van der Waals surface area contributed by atoms with Gasteiger partial charge in [0.25, 0.3) is 0 Å². The molecule has 0 amide bonds. The van der Waals surface area contributed by atoms with Crippen molar-refractivity contribution >= 4 is 26.8 Å². The quantitative estimate of drug-likeness (QED) is 0.661. The SMILES string of the molecule is Cn1cc(-c2cc(Br)ccn2)c2ccccc21. The second kappa shape index (κ2) is 4.00. The van der Waals surface area contributed by atoms with Crippen LogP contribution in [0.2, 0.25) is 0 Å². The van der Waals surface area contributed by atoms with E-state index in [2.05, 4.69) is 63.0 Å². The summed E-state index contributed by atoms with van der Waals surface area (Å²) in [5.41, 5.74) is 3.39. The van der Waals surface area contributed by atoms with Crippen LogP contribution in [0.5, 0.6) is 0 Å². The number of rotatable bonds is 1. The van der Waals surface area contributed by atoms with E-state index in [4.69, 9.17) is 0 Å². The van der Waals surface area contributed by atoms with E-state index in [9.17, 15) is 0 Å². The van der Waals surface area contributed by atoms with Crippen LogP contribution in [0.4, 0.5) is 0 Å². The second-order valence-corrected chi connectivity index (χ2v) is 4.95. The van der Waals surface area contributed by atoms with Gasteiger partial charge >= 0.3 is 0 Å². The van der Waals surface area contributed by atoms with Gasteiger partial charge in [-0.3, -0.25) is 4.98 Å². The third-order valence-corrected chi connectivity index (χ3v) is 3.39. The van der Waals surface area contributed by atoms with Crippen molar-refractivity contribution < 1.29 is 0 Å². The van der Waals surface area contributed by atoms with E-state index in [0.717, 1.165) is 10.2 Å². The lowest BCUT2D eigenvalue weighted by Gasteiger charge is -1.98. The number of aryl methyl sites for hydroxylation is 1. The predicted octanol–water partition coefficient (Wildman–Crippen LogP) is 4.00. The van der Waals surface area contributed by atoms with E-state index in [0.29, 0.717) is 0 Å². The number of benzene rings is 1. The van der Waals surface area contributed by atoms with Crippen molar-refractivity contribution in [2.45, 2.75) is 0 Å². The number of hydrogen-bond donors (Lipinski definition) is 0. The maximum Gasteiger partial charge on any atom is 0.0734 e. The van der Waals surface area contributed by atoms with Crippen LogP contribution >= 0.6 is 15.9 Å². The van der Waals surface area contributed by atoms with E-state index >= 15 is 0 Å². The molecule has 0 spiro atoms. The molecule has 0 bridgehead atoms. The normalized spacial score (nSPS) is 10.9. The third-order valence-electron chi connectivity index (χ3n) is 2.89. The summed E-state index contributed by atoms with van der Waals surface area (Å²) in [7, 11) is 2.06. The Bertz CT molecular complexity index is 686. The minimum atomic E-state index is 0.996. The maximum absolute atomic E-state index is 4.43. The van der Waals surface area contributed by atoms with Crippen molar-refractivity contribution in [3.05, 3.63) is 53.3 Å². The van der Waals surface area contributed by atoms with Crippen molar-refractivity contribution in [3.8, 4) is 11.3 Å². The molecule has 3 heteroatoms. The van der Waals surface area contributed by atoms with Crippen LogP contribution in [0.3, 0.4) is 0 Å². The topological polar surface area (TPSA) is 17.8 Å². The number of pyridine rings is 1. The summed E-state index contributed by atoms with van der Waals surface area (Å²) in [5.74, 6) is 0. The molecule has 0 fully saturated rings. The number of halogens is 1. The number of fused-ring (bicyclic) bond motifs is 1. The minimum Gasteiger partial charge on any atom is -0.350 e. The third kappa shape index (κ3) is 1.76. The first-order valence-electron chi connectivity index (χ1n) is 5.42. The highest BCUT2D eigenvalue weighted by Gasteiger charge is 2.08. The van der Waals surface area contributed by atoms with Crippen LogP contribution in [0, 0.1) is 0 Å². The standard InChI is InChI=1S/C14H11BrN2/c1-17-9-12(11-4-2-3-5-14(11)17)13-8-10(15)6-7-16-13/h2-9H,1H3. The molecule has 3 rings (SSSR count). The summed E-state index contributed by atoms with van der Waals surface area (Å²) in [5, 5.41) is 1.24. The average molecular weight is 287 g/mol. The Morgan fingerprint density at radius 2 is 2.00 bits per heavy atom. The summed E-state index contributed by atoms with van der Waals surface area (Å²) in [4.78, 5) is 4.43. The summed E-state index contributed by atoms with van der Waals surface area (Å²) < 4.78 is 3.18. The lowest BCUT2D eigenvalue weighted by molar-refractivity contribution is 0.969. The molecule has 0 aliphatic carbocycles. The zero-order chi connectivity index (χ0) is 11.8. The molecule has 0 aliphatic rings. The fraction of sp³-hybridized carbons (Fsp3) is 0.0714. The van der Waals surface area contributed by atoms with Gasteiger partial charge in [0, 0.05) is 40.4 Å². The van der Waals surface area contributed by atoms with Gasteiger partial charge in [0.2, 0.25) is 0 Å². The first-order chi connectivity index (χ1) is 8.25. The Morgan fingerprint density at radius 1 is 1.18 bits per heavy atom. The maximum atomic E-state index is 4.43. The minimum absolute atomic E-state index is 0.996. The molecule has 0 atom stereocenters. The van der Waals surface area contributed by atoms with Gasteiger partial charge in [0.05, 0.1) is 5.69 Å². The Kier molecular flexibility index (Phi) is 2.48. The Balaban J connectivity index is 2.31. The molecule has 2 heterocycles. The Hall–Kier alpha value is -1.61. The number of aromatic nitrogens is 2. The van der Waals surface area contributed by atoms with E-state index in [1.165, 1.54) is 16.5 Å². The van der Waals surface area contributed by atoms with Gasteiger partial charge in [-0.15, -0.1) is 0 Å². The molecule has 1 aromatic carbocycles. The van der Waals surface area contributed by atoms with Gasteiger partial charge < -0.3 is 4.57 Å². The highest BCUT2D eigenvalue weighted by atomic mass is 79.9. The van der Waals surface area contributed by atoms with Crippen LogP contribution < -0.4 is 0 Å². The lowest BCUT2D eigenvalue weighted by Crippen LogP contribution is -1.82. The van der Waals surface area contributed by atoms with Crippen LogP contribution in [-0.2, 0) is 7.05 Å². The van der Waals surface area contributed by atoms with Crippen LogP contribution in [0.15, 0.2) is 53.3 Å². The van der Waals surface area contributed by atoms with E-state index in [1.54, 1.807) is 0 Å². The fourth-order valence-electron chi connectivity index (χ4n) is 2.10. The van der Waals surface area contributed by atoms with Crippen molar-refractivity contribution in [2.75, 3.05) is 0 Å². The number of hydrogen-bond acceptors (Lipinski definition) is 1. The number of para-hydroxylation sites is 1. The number of nitrogens with zero attached hydrogens (tertiary/aromatic N) is 2. The van der Waals surface area contributed by atoms with Gasteiger partial charge in [-0.25, -0.2) is 0 Å². The molecule has 2 aromatic heterocycles. The zero-order valence-corrected chi connectivity index (χ0v) is 11.0. The highest BCUT2D eigenvalue weighted by Crippen LogP contribution is 2.29. The van der Waals surface area contributed by atoms with Crippen LogP contribution in [0.25, 0.3) is 22.2 Å². The first-order valence-corrected chi connectivity index (χ1v) is 6.21. The van der Waals surface area contributed by atoms with Crippen molar-refractivity contribution in [1.82, 2.24) is 9.55 Å². The molecular formula is C14H11BrN2. The monoisotopic (exact) mass is 286 g/mol. The molecule has 0 saturated carbocycles. The average Bonchev–Trinajstić information content (AvgIpc) is 2.68. The molecule has 84 valence electrons. The van der Waals surface area contributed by atoms with Gasteiger partial charge in [0.15, 0.2) is 0 Å². The summed E-state index contributed by atoms with van der Waals surface area (Å²) >= 11 is 3.48. The smallest absolute Gasteiger partial charge is 0.0734 e. The molecule has 0 unspecified atom stereocenters. The molecule has 0 aliphatic heterocycles. The van der Waals surface area contributed by atoms with E-state index < -0.39 is 0 Å². The summed E-state index contributed by atoms with van der Waals surface area (Å²) in [6, 6.07) is 12.4. The van der Waals surface area contributed by atoms with Crippen molar-refractivity contribution in [2.24, 2.45) is 7.05 Å². The van der Waals surface area contributed by atoms with E-state index in [1.807, 2.05) is 18.3 Å². The molecular weight excluding hydrogens is 276 g/mol. The molecule has 0 radical (unpaired) electrons. The second-order valence-electron chi connectivity index (χ2n) is 4.03.